The number of hydrogen-bond acceptors (Lipinski definition) is 6. The second-order valence-electron chi connectivity index (χ2n) is 9.51. The first-order valence-electron chi connectivity index (χ1n) is 12.6. The molecule has 7 nitrogen and oxygen atoms in total. The van der Waals surface area contributed by atoms with Gasteiger partial charge < -0.3 is 14.4 Å². The molecule has 192 valence electrons. The molecule has 2 fully saturated rings. The lowest BCUT2D eigenvalue weighted by atomic mass is 9.98. The van der Waals surface area contributed by atoms with Crippen molar-refractivity contribution in [3.8, 4) is 16.9 Å². The first kappa shape index (κ1) is 24.3. The van der Waals surface area contributed by atoms with E-state index in [1.54, 1.807) is 29.2 Å². The highest BCUT2D eigenvalue weighted by molar-refractivity contribution is 8.18. The maximum absolute atomic E-state index is 12.9. The van der Waals surface area contributed by atoms with Gasteiger partial charge in [-0.05, 0) is 46.1 Å². The number of amides is 3. The Morgan fingerprint density at radius 2 is 1.50 bits per heavy atom. The zero-order chi connectivity index (χ0) is 26.2. The molecule has 0 atom stereocenters. The van der Waals surface area contributed by atoms with Crippen molar-refractivity contribution < 1.29 is 23.9 Å². The number of fused-ring (bicyclic) bond motifs is 3. The number of para-hydroxylation sites is 2. The van der Waals surface area contributed by atoms with E-state index >= 15 is 0 Å². The largest absolute Gasteiger partial charge is 0.488 e. The van der Waals surface area contributed by atoms with Crippen molar-refractivity contribution in [3.05, 3.63) is 95.4 Å². The second-order valence-corrected chi connectivity index (χ2v) is 10.6. The van der Waals surface area contributed by atoms with Crippen molar-refractivity contribution in [1.29, 1.82) is 0 Å². The van der Waals surface area contributed by atoms with Crippen LogP contribution >= 0.6 is 11.8 Å². The number of hydrogen-bond donors (Lipinski definition) is 0. The highest BCUT2D eigenvalue weighted by Gasteiger charge is 2.37. The van der Waals surface area contributed by atoms with Gasteiger partial charge >= 0.3 is 6.09 Å². The molecule has 1 aliphatic carbocycles. The molecule has 3 aliphatic rings. The number of benzene rings is 3. The average Bonchev–Trinajstić information content (AvgIpc) is 3.40. The van der Waals surface area contributed by atoms with Crippen molar-refractivity contribution in [2.24, 2.45) is 0 Å². The molecule has 0 bridgehead atoms. The molecule has 0 unspecified atom stereocenters. The van der Waals surface area contributed by atoms with Gasteiger partial charge in [-0.15, -0.1) is 0 Å². The number of thioether (sulfide) groups is 1. The topological polar surface area (TPSA) is 76.2 Å². The molecule has 0 aromatic heterocycles. The number of rotatable bonds is 5. The summed E-state index contributed by atoms with van der Waals surface area (Å²) >= 11 is 0.825. The summed E-state index contributed by atoms with van der Waals surface area (Å²) in [5.41, 5.74) is 5.17. The van der Waals surface area contributed by atoms with E-state index in [1.165, 1.54) is 22.3 Å². The standard InChI is InChI=1S/C30H26N2O5S/c1-19-28(33)32(30(35)38-19)26-12-6-7-13-27(26)37-20-14-16-31(17-15-20)29(34)36-18-25-23-10-4-2-8-21(23)22-9-3-5-11-24(22)25/h2-13,20,25H,1,14-18H2. The fourth-order valence-electron chi connectivity index (χ4n) is 5.37. The molecule has 3 amide bonds. The molecule has 0 saturated carbocycles. The second kappa shape index (κ2) is 10.0. The third-order valence-electron chi connectivity index (χ3n) is 7.27. The van der Waals surface area contributed by atoms with E-state index in [1.807, 2.05) is 24.3 Å². The molecule has 38 heavy (non-hydrogen) atoms. The summed E-state index contributed by atoms with van der Waals surface area (Å²) in [7, 11) is 0. The molecule has 2 aliphatic heterocycles. The molecular weight excluding hydrogens is 500 g/mol. The van der Waals surface area contributed by atoms with Gasteiger partial charge in [0.2, 0.25) is 0 Å². The summed E-state index contributed by atoms with van der Waals surface area (Å²) in [6, 6.07) is 23.5. The number of carbonyl (C=O) groups excluding carboxylic acids is 3. The third kappa shape index (κ3) is 4.35. The van der Waals surface area contributed by atoms with Crippen LogP contribution in [0, 0.1) is 0 Å². The van der Waals surface area contributed by atoms with E-state index < -0.39 is 5.91 Å². The van der Waals surface area contributed by atoms with Crippen LogP contribution in [-0.4, -0.2) is 47.9 Å². The Balaban J connectivity index is 1.07. The van der Waals surface area contributed by atoms with Gasteiger partial charge in [0.05, 0.1) is 10.6 Å². The van der Waals surface area contributed by atoms with Crippen molar-refractivity contribution >= 4 is 34.7 Å². The van der Waals surface area contributed by atoms with Crippen LogP contribution in [0.3, 0.4) is 0 Å². The minimum absolute atomic E-state index is 0.0222. The maximum Gasteiger partial charge on any atom is 0.409 e. The lowest BCUT2D eigenvalue weighted by molar-refractivity contribution is -0.113. The summed E-state index contributed by atoms with van der Waals surface area (Å²) in [5.74, 6) is 0.0548. The van der Waals surface area contributed by atoms with Gasteiger partial charge in [0.25, 0.3) is 11.1 Å². The van der Waals surface area contributed by atoms with E-state index in [4.69, 9.17) is 9.47 Å². The van der Waals surface area contributed by atoms with E-state index in [0.717, 1.165) is 16.7 Å². The average molecular weight is 527 g/mol. The molecule has 0 radical (unpaired) electrons. The molecule has 3 aromatic rings. The number of likely N-dealkylation sites (tertiary alicyclic amines) is 1. The van der Waals surface area contributed by atoms with Gasteiger partial charge in [0.15, 0.2) is 0 Å². The highest BCUT2D eigenvalue weighted by Crippen LogP contribution is 2.44. The van der Waals surface area contributed by atoms with Crippen LogP contribution in [0.4, 0.5) is 15.3 Å². The molecule has 6 rings (SSSR count). The minimum Gasteiger partial charge on any atom is -0.488 e. The summed E-state index contributed by atoms with van der Waals surface area (Å²) < 4.78 is 12.0. The predicted molar refractivity (Wildman–Crippen MR) is 146 cm³/mol. The number of anilines is 1. The van der Waals surface area contributed by atoms with E-state index in [2.05, 4.69) is 30.8 Å². The Bertz CT molecular complexity index is 1400. The Hall–Kier alpha value is -4.04. The van der Waals surface area contributed by atoms with E-state index in [-0.39, 0.29) is 34.9 Å². The van der Waals surface area contributed by atoms with Crippen molar-refractivity contribution in [2.45, 2.75) is 24.9 Å². The summed E-state index contributed by atoms with van der Waals surface area (Å²) in [4.78, 5) is 40.7. The molecule has 3 aromatic carbocycles. The summed E-state index contributed by atoms with van der Waals surface area (Å²) in [6.45, 7) is 4.94. The summed E-state index contributed by atoms with van der Waals surface area (Å²) in [6.07, 6.45) is 0.746. The number of imide groups is 1. The number of piperidine rings is 1. The quantitative estimate of drug-likeness (QED) is 0.369. The van der Waals surface area contributed by atoms with Crippen LogP contribution in [0.15, 0.2) is 84.3 Å². The minimum atomic E-state index is -0.430. The van der Waals surface area contributed by atoms with Gasteiger partial charge in [-0.1, -0.05) is 67.2 Å². The van der Waals surface area contributed by atoms with Crippen molar-refractivity contribution in [3.63, 3.8) is 0 Å². The van der Waals surface area contributed by atoms with E-state index in [0.29, 0.717) is 37.4 Å². The van der Waals surface area contributed by atoms with Crippen LogP contribution in [-0.2, 0) is 9.53 Å². The predicted octanol–water partition coefficient (Wildman–Crippen LogP) is 6.19. The Morgan fingerprint density at radius 3 is 2.13 bits per heavy atom. The molecule has 2 saturated heterocycles. The van der Waals surface area contributed by atoms with Gasteiger partial charge in [0, 0.05) is 31.8 Å². The Morgan fingerprint density at radius 1 is 0.895 bits per heavy atom. The van der Waals surface area contributed by atoms with Gasteiger partial charge in [0.1, 0.15) is 18.5 Å². The van der Waals surface area contributed by atoms with Crippen LogP contribution in [0.5, 0.6) is 5.75 Å². The molecule has 0 spiro atoms. The highest BCUT2D eigenvalue weighted by atomic mass is 32.2. The fraction of sp³-hybridized carbons (Fsp3) is 0.233. The van der Waals surface area contributed by atoms with Crippen LogP contribution < -0.4 is 9.64 Å². The zero-order valence-electron chi connectivity index (χ0n) is 20.7. The third-order valence-corrected chi connectivity index (χ3v) is 8.05. The molecule has 2 heterocycles. The van der Waals surface area contributed by atoms with Crippen molar-refractivity contribution in [1.82, 2.24) is 4.90 Å². The SMILES string of the molecule is C=C1SC(=O)N(c2ccccc2OC2CCN(C(=O)OCC3c4ccccc4-c4ccccc43)CC2)C1=O. The monoisotopic (exact) mass is 526 g/mol. The van der Waals surface area contributed by atoms with Gasteiger partial charge in [-0.2, -0.15) is 0 Å². The zero-order valence-corrected chi connectivity index (χ0v) is 21.5. The normalized spacial score (nSPS) is 17.5. The van der Waals surface area contributed by atoms with Crippen LogP contribution in [0.1, 0.15) is 29.9 Å². The summed E-state index contributed by atoms with van der Waals surface area (Å²) in [5, 5.41) is -0.388. The number of nitrogens with zero attached hydrogens (tertiary/aromatic N) is 2. The van der Waals surface area contributed by atoms with Crippen LogP contribution in [0.2, 0.25) is 0 Å². The smallest absolute Gasteiger partial charge is 0.409 e. The molecule has 8 heteroatoms. The maximum atomic E-state index is 12.9. The Labute approximate surface area is 225 Å². The molecule has 0 N–H and O–H groups in total. The Kier molecular flexibility index (Phi) is 6.41. The number of carbonyl (C=O) groups is 3. The van der Waals surface area contributed by atoms with Gasteiger partial charge in [-0.25, -0.2) is 9.69 Å². The first-order valence-corrected chi connectivity index (χ1v) is 13.4. The van der Waals surface area contributed by atoms with Crippen molar-refractivity contribution in [2.75, 3.05) is 24.6 Å². The van der Waals surface area contributed by atoms with E-state index in [9.17, 15) is 14.4 Å². The van der Waals surface area contributed by atoms with Gasteiger partial charge in [-0.3, -0.25) is 9.59 Å². The lowest BCUT2D eigenvalue weighted by Gasteiger charge is -2.32. The number of ether oxygens (including phenoxy) is 2. The lowest BCUT2D eigenvalue weighted by Crippen LogP contribution is -2.42. The first-order chi connectivity index (χ1) is 18.5. The van der Waals surface area contributed by atoms with Crippen LogP contribution in [0.25, 0.3) is 11.1 Å². The molecular formula is C30H26N2O5S. The fourth-order valence-corrected chi connectivity index (χ4v) is 6.03.